The van der Waals surface area contributed by atoms with Crippen LogP contribution in [-0.4, -0.2) is 35.0 Å². The number of piperidine rings is 1. The number of carbonyl (C=O) groups excluding carboxylic acids is 1. The van der Waals surface area contributed by atoms with Crippen molar-refractivity contribution in [1.29, 1.82) is 0 Å². The summed E-state index contributed by atoms with van der Waals surface area (Å²) < 4.78 is 16.1. The van der Waals surface area contributed by atoms with Gasteiger partial charge >= 0.3 is 0 Å². The third-order valence-electron chi connectivity index (χ3n) is 7.25. The van der Waals surface area contributed by atoms with E-state index < -0.39 is 0 Å². The summed E-state index contributed by atoms with van der Waals surface area (Å²) in [6.07, 6.45) is 3.72. The molecule has 0 saturated carbocycles. The lowest BCUT2D eigenvalue weighted by molar-refractivity contribution is -0.126. The minimum Gasteiger partial charge on any atom is -0.356 e. The Labute approximate surface area is 212 Å². The molecule has 186 valence electrons. The topological polar surface area (TPSA) is 37.3 Å². The van der Waals surface area contributed by atoms with Crippen LogP contribution in [0.3, 0.4) is 0 Å². The highest BCUT2D eigenvalue weighted by Crippen LogP contribution is 2.25. The van der Waals surface area contributed by atoms with Crippen LogP contribution in [0.5, 0.6) is 0 Å². The molecule has 0 atom stereocenters. The molecule has 1 aromatic heterocycles. The maximum absolute atomic E-state index is 13.8. The first-order chi connectivity index (χ1) is 17.7. The fourth-order valence-electron chi connectivity index (χ4n) is 5.28. The fourth-order valence-corrected chi connectivity index (χ4v) is 5.28. The van der Waals surface area contributed by atoms with Gasteiger partial charge in [0, 0.05) is 36.8 Å². The summed E-state index contributed by atoms with van der Waals surface area (Å²) in [6, 6.07) is 27.9. The average molecular weight is 484 g/mol. The van der Waals surface area contributed by atoms with Crippen LogP contribution in [0, 0.1) is 11.7 Å². The van der Waals surface area contributed by atoms with E-state index in [4.69, 9.17) is 0 Å². The number of nitrogens with zero attached hydrogens (tertiary/aromatic N) is 2. The van der Waals surface area contributed by atoms with Crippen LogP contribution in [0.15, 0.2) is 84.9 Å². The Hall–Kier alpha value is -3.44. The zero-order chi connectivity index (χ0) is 24.7. The van der Waals surface area contributed by atoms with Crippen LogP contribution in [0.4, 0.5) is 4.39 Å². The Kier molecular flexibility index (Phi) is 7.77. The fraction of sp³-hybridized carbons (Fsp3) is 0.323. The number of likely N-dealkylation sites (tertiary alicyclic amines) is 1. The second-order valence-electron chi connectivity index (χ2n) is 9.84. The molecule has 0 radical (unpaired) electrons. The van der Waals surface area contributed by atoms with E-state index in [2.05, 4.69) is 69.4 Å². The molecule has 4 aromatic rings. The highest BCUT2D eigenvalue weighted by Gasteiger charge is 2.25. The van der Waals surface area contributed by atoms with Gasteiger partial charge in [-0.1, -0.05) is 60.7 Å². The predicted octanol–water partition coefficient (Wildman–Crippen LogP) is 5.79. The van der Waals surface area contributed by atoms with Crippen LogP contribution in [-0.2, 0) is 24.3 Å². The van der Waals surface area contributed by atoms with Crippen molar-refractivity contribution in [3.8, 4) is 0 Å². The first kappa shape index (κ1) is 24.3. The second kappa shape index (κ2) is 11.5. The minimum absolute atomic E-state index is 0.0936. The zero-order valence-corrected chi connectivity index (χ0v) is 20.7. The molecule has 1 aliphatic rings. The highest BCUT2D eigenvalue weighted by molar-refractivity contribution is 5.81. The van der Waals surface area contributed by atoms with Crippen molar-refractivity contribution >= 4 is 16.8 Å². The molecule has 4 nitrogen and oxygen atoms in total. The molecular weight excluding hydrogens is 449 g/mol. The molecule has 36 heavy (non-hydrogen) atoms. The van der Waals surface area contributed by atoms with Crippen molar-refractivity contribution < 1.29 is 9.18 Å². The van der Waals surface area contributed by atoms with Crippen LogP contribution >= 0.6 is 0 Å². The lowest BCUT2D eigenvalue weighted by Gasteiger charge is -2.31. The molecule has 3 aromatic carbocycles. The maximum Gasteiger partial charge on any atom is 0.223 e. The number of benzene rings is 3. The van der Waals surface area contributed by atoms with Gasteiger partial charge in [0.05, 0.1) is 0 Å². The number of hydrogen-bond donors (Lipinski definition) is 1. The number of fused-ring (bicyclic) bond motifs is 1. The molecule has 5 heteroatoms. The first-order valence-electron chi connectivity index (χ1n) is 13.0. The molecule has 5 rings (SSSR count). The normalized spacial score (nSPS) is 14.8. The van der Waals surface area contributed by atoms with Gasteiger partial charge < -0.3 is 9.88 Å². The van der Waals surface area contributed by atoms with Crippen molar-refractivity contribution in [2.75, 3.05) is 19.6 Å². The Morgan fingerprint density at radius 3 is 2.42 bits per heavy atom. The van der Waals surface area contributed by atoms with Gasteiger partial charge in [-0.05, 0) is 79.6 Å². The van der Waals surface area contributed by atoms with E-state index in [1.165, 1.54) is 28.2 Å². The monoisotopic (exact) mass is 483 g/mol. The summed E-state index contributed by atoms with van der Waals surface area (Å²) in [6.45, 7) is 4.01. The Morgan fingerprint density at radius 2 is 1.61 bits per heavy atom. The van der Waals surface area contributed by atoms with Crippen molar-refractivity contribution in [2.24, 2.45) is 5.92 Å². The number of aromatic nitrogens is 1. The Balaban J connectivity index is 1.15. The standard InChI is InChI=1S/C31H34FN3O/c32-28-13-6-10-25(20-28)22-35-29(21-27-12-4-5-14-30(27)35)23-34-18-15-26(16-19-34)31(36)33-17-7-11-24-8-2-1-3-9-24/h1-6,8-10,12-14,20-21,26H,7,11,15-19,22-23H2,(H,33,36). The third-order valence-corrected chi connectivity index (χ3v) is 7.25. The van der Waals surface area contributed by atoms with E-state index in [1.807, 2.05) is 12.1 Å². The van der Waals surface area contributed by atoms with E-state index in [-0.39, 0.29) is 17.6 Å². The van der Waals surface area contributed by atoms with E-state index in [1.54, 1.807) is 12.1 Å². The molecule has 1 aliphatic heterocycles. The largest absolute Gasteiger partial charge is 0.356 e. The first-order valence-corrected chi connectivity index (χ1v) is 13.0. The maximum atomic E-state index is 13.8. The van der Waals surface area contributed by atoms with Gasteiger partial charge in [0.2, 0.25) is 5.91 Å². The van der Waals surface area contributed by atoms with Gasteiger partial charge in [-0.25, -0.2) is 4.39 Å². The molecule has 0 bridgehead atoms. The number of nitrogens with one attached hydrogen (secondary N) is 1. The number of para-hydroxylation sites is 1. The molecule has 2 heterocycles. The highest BCUT2D eigenvalue weighted by atomic mass is 19.1. The molecule has 1 amide bonds. The quantitative estimate of drug-likeness (QED) is 0.306. The summed E-state index contributed by atoms with van der Waals surface area (Å²) >= 11 is 0. The summed E-state index contributed by atoms with van der Waals surface area (Å²) in [4.78, 5) is 15.2. The van der Waals surface area contributed by atoms with Gasteiger partial charge in [-0.15, -0.1) is 0 Å². The number of amides is 1. The van der Waals surface area contributed by atoms with Crippen molar-refractivity contribution in [3.05, 3.63) is 108 Å². The van der Waals surface area contributed by atoms with E-state index in [9.17, 15) is 9.18 Å². The van der Waals surface area contributed by atoms with E-state index in [0.29, 0.717) is 6.54 Å². The van der Waals surface area contributed by atoms with E-state index >= 15 is 0 Å². The lowest BCUT2D eigenvalue weighted by atomic mass is 9.95. The third kappa shape index (κ3) is 6.03. The van der Waals surface area contributed by atoms with Crippen LogP contribution in [0.2, 0.25) is 0 Å². The Morgan fingerprint density at radius 1 is 0.861 bits per heavy atom. The van der Waals surface area contributed by atoms with Gasteiger partial charge in [-0.2, -0.15) is 0 Å². The average Bonchev–Trinajstić information content (AvgIpc) is 3.24. The predicted molar refractivity (Wildman–Crippen MR) is 143 cm³/mol. The molecular formula is C31H34FN3O. The summed E-state index contributed by atoms with van der Waals surface area (Å²) in [7, 11) is 0. The molecule has 0 aliphatic carbocycles. The molecule has 1 saturated heterocycles. The summed E-state index contributed by atoms with van der Waals surface area (Å²) in [5.41, 5.74) is 4.67. The van der Waals surface area contributed by atoms with E-state index in [0.717, 1.165) is 57.4 Å². The van der Waals surface area contributed by atoms with Crippen LogP contribution < -0.4 is 5.32 Å². The van der Waals surface area contributed by atoms with Crippen LogP contribution in [0.1, 0.15) is 36.1 Å². The number of hydrogen-bond acceptors (Lipinski definition) is 2. The number of rotatable bonds is 9. The SMILES string of the molecule is O=C(NCCCc1ccccc1)C1CCN(Cc2cc3ccccc3n2Cc2cccc(F)c2)CC1. The van der Waals surface area contributed by atoms with Crippen molar-refractivity contribution in [2.45, 2.75) is 38.8 Å². The summed E-state index contributed by atoms with van der Waals surface area (Å²) in [5.74, 6) is 0.0879. The minimum atomic E-state index is -0.203. The molecule has 0 spiro atoms. The zero-order valence-electron chi connectivity index (χ0n) is 20.7. The number of aryl methyl sites for hydroxylation is 1. The van der Waals surface area contributed by atoms with Gasteiger partial charge in [0.25, 0.3) is 0 Å². The van der Waals surface area contributed by atoms with Crippen molar-refractivity contribution in [1.82, 2.24) is 14.8 Å². The Bertz CT molecular complexity index is 1290. The van der Waals surface area contributed by atoms with Gasteiger partial charge in [0.15, 0.2) is 0 Å². The number of carbonyl (C=O) groups is 1. The number of halogens is 1. The van der Waals surface area contributed by atoms with Crippen LogP contribution in [0.25, 0.3) is 10.9 Å². The van der Waals surface area contributed by atoms with Gasteiger partial charge in [-0.3, -0.25) is 9.69 Å². The molecule has 1 N–H and O–H groups in total. The summed E-state index contributed by atoms with van der Waals surface area (Å²) in [5, 5.41) is 4.36. The van der Waals surface area contributed by atoms with Crippen molar-refractivity contribution in [3.63, 3.8) is 0 Å². The smallest absolute Gasteiger partial charge is 0.223 e. The lowest BCUT2D eigenvalue weighted by Crippen LogP contribution is -2.40. The van der Waals surface area contributed by atoms with Gasteiger partial charge in [0.1, 0.15) is 5.82 Å². The second-order valence-corrected chi connectivity index (χ2v) is 9.84. The molecule has 0 unspecified atom stereocenters. The molecule has 1 fully saturated rings.